The molecule has 98 valence electrons. The molecule has 0 aromatic heterocycles. The van der Waals surface area contributed by atoms with Gasteiger partial charge in [0.1, 0.15) is 5.84 Å². The second-order valence-corrected chi connectivity index (χ2v) is 4.18. The van der Waals surface area contributed by atoms with Crippen LogP contribution in [0.1, 0.15) is 36.2 Å². The summed E-state index contributed by atoms with van der Waals surface area (Å²) >= 11 is 0. The summed E-state index contributed by atoms with van der Waals surface area (Å²) in [5.74, 6) is -0.0303. The van der Waals surface area contributed by atoms with Gasteiger partial charge >= 0.3 is 0 Å². The Bertz CT molecular complexity index is 444. The minimum atomic E-state index is -0.182. The van der Waals surface area contributed by atoms with E-state index in [9.17, 15) is 4.79 Å². The van der Waals surface area contributed by atoms with Crippen LogP contribution >= 0.6 is 0 Å². The Kier molecular flexibility index (Phi) is 5.17. The number of rotatable bonds is 5. The predicted octanol–water partition coefficient (Wildman–Crippen LogP) is 1.50. The molecule has 0 saturated heterocycles. The maximum Gasteiger partial charge on any atom is 0.251 e. The first kappa shape index (κ1) is 14.0. The predicted molar refractivity (Wildman–Crippen MR) is 70.8 cm³/mol. The number of nitrogens with two attached hydrogens (primary N) is 1. The number of amides is 1. The number of nitrogens with zero attached hydrogens (tertiary/aromatic N) is 1. The van der Waals surface area contributed by atoms with Gasteiger partial charge in [-0.05, 0) is 25.0 Å². The number of amidine groups is 1. The van der Waals surface area contributed by atoms with Crippen molar-refractivity contribution in [2.45, 2.75) is 32.7 Å². The van der Waals surface area contributed by atoms with E-state index in [4.69, 9.17) is 10.9 Å². The maximum atomic E-state index is 12.1. The average Bonchev–Trinajstić information content (AvgIpc) is 2.38. The molecule has 1 aromatic rings. The summed E-state index contributed by atoms with van der Waals surface area (Å²) in [6, 6.07) is 7.30. The van der Waals surface area contributed by atoms with Crippen molar-refractivity contribution in [3.8, 4) is 0 Å². The van der Waals surface area contributed by atoms with Gasteiger partial charge in [0.15, 0.2) is 0 Å². The third kappa shape index (κ3) is 3.76. The standard InChI is InChI=1S/C13H19N3O2/c1-3-10-6-4-5-7-11(10)13(17)15-9(2)8-12(14)16-18/h4-7,9,18H,3,8H2,1-2H3,(H2,14,16)(H,15,17). The van der Waals surface area contributed by atoms with E-state index in [2.05, 4.69) is 10.5 Å². The van der Waals surface area contributed by atoms with E-state index in [1.54, 1.807) is 6.07 Å². The molecule has 0 aliphatic heterocycles. The number of nitrogens with one attached hydrogen (secondary N) is 1. The highest BCUT2D eigenvalue weighted by atomic mass is 16.4. The fraction of sp³-hybridized carbons (Fsp3) is 0.385. The summed E-state index contributed by atoms with van der Waals surface area (Å²) in [6.45, 7) is 3.82. The third-order valence-corrected chi connectivity index (χ3v) is 2.66. The normalized spacial score (nSPS) is 13.1. The van der Waals surface area contributed by atoms with Gasteiger partial charge in [0, 0.05) is 18.0 Å². The Morgan fingerprint density at radius 2 is 2.17 bits per heavy atom. The average molecular weight is 249 g/mol. The summed E-state index contributed by atoms with van der Waals surface area (Å²) < 4.78 is 0. The van der Waals surface area contributed by atoms with Crippen molar-refractivity contribution >= 4 is 11.7 Å². The van der Waals surface area contributed by atoms with Crippen molar-refractivity contribution in [1.29, 1.82) is 0 Å². The lowest BCUT2D eigenvalue weighted by Crippen LogP contribution is -2.36. The van der Waals surface area contributed by atoms with Gasteiger partial charge in [0.05, 0.1) is 0 Å². The van der Waals surface area contributed by atoms with E-state index < -0.39 is 0 Å². The molecule has 5 heteroatoms. The van der Waals surface area contributed by atoms with Crippen molar-refractivity contribution in [1.82, 2.24) is 5.32 Å². The van der Waals surface area contributed by atoms with E-state index >= 15 is 0 Å². The topological polar surface area (TPSA) is 87.7 Å². The van der Waals surface area contributed by atoms with Crippen molar-refractivity contribution < 1.29 is 10.0 Å². The molecule has 0 aliphatic rings. The van der Waals surface area contributed by atoms with Crippen LogP contribution in [0.5, 0.6) is 0 Å². The van der Waals surface area contributed by atoms with Crippen molar-refractivity contribution in [2.24, 2.45) is 10.9 Å². The minimum Gasteiger partial charge on any atom is -0.409 e. The van der Waals surface area contributed by atoms with E-state index in [0.29, 0.717) is 12.0 Å². The van der Waals surface area contributed by atoms with Gasteiger partial charge < -0.3 is 16.3 Å². The largest absolute Gasteiger partial charge is 0.409 e. The zero-order valence-corrected chi connectivity index (χ0v) is 10.7. The van der Waals surface area contributed by atoms with Gasteiger partial charge in [-0.3, -0.25) is 4.79 Å². The first-order chi connectivity index (χ1) is 8.58. The molecule has 0 fully saturated rings. The molecule has 4 N–H and O–H groups in total. The lowest BCUT2D eigenvalue weighted by molar-refractivity contribution is 0.0940. The van der Waals surface area contributed by atoms with Crippen LogP contribution in [-0.4, -0.2) is 23.0 Å². The molecule has 0 spiro atoms. The molecule has 0 aliphatic carbocycles. The van der Waals surface area contributed by atoms with Gasteiger partial charge in [-0.15, -0.1) is 0 Å². The molecule has 1 aromatic carbocycles. The molecule has 1 unspecified atom stereocenters. The van der Waals surface area contributed by atoms with Crippen LogP contribution in [0.4, 0.5) is 0 Å². The van der Waals surface area contributed by atoms with E-state index in [1.807, 2.05) is 32.0 Å². The summed E-state index contributed by atoms with van der Waals surface area (Å²) in [5, 5.41) is 14.2. The maximum absolute atomic E-state index is 12.1. The molecule has 5 nitrogen and oxygen atoms in total. The zero-order valence-electron chi connectivity index (χ0n) is 10.7. The number of hydrogen-bond acceptors (Lipinski definition) is 3. The Hall–Kier alpha value is -2.04. The Morgan fingerprint density at radius 3 is 2.78 bits per heavy atom. The second-order valence-electron chi connectivity index (χ2n) is 4.18. The van der Waals surface area contributed by atoms with Crippen LogP contribution in [0.2, 0.25) is 0 Å². The molecule has 0 radical (unpaired) electrons. The summed E-state index contributed by atoms with van der Waals surface area (Å²) in [6.07, 6.45) is 1.12. The van der Waals surface area contributed by atoms with Crippen molar-refractivity contribution in [3.63, 3.8) is 0 Å². The smallest absolute Gasteiger partial charge is 0.251 e. The van der Waals surface area contributed by atoms with Crippen LogP contribution in [0.3, 0.4) is 0 Å². The number of oxime groups is 1. The summed E-state index contributed by atoms with van der Waals surface area (Å²) in [7, 11) is 0. The molecule has 18 heavy (non-hydrogen) atoms. The first-order valence-corrected chi connectivity index (χ1v) is 5.93. The molecule has 1 amide bonds. The highest BCUT2D eigenvalue weighted by molar-refractivity contribution is 5.96. The van der Waals surface area contributed by atoms with Gasteiger partial charge in [-0.25, -0.2) is 0 Å². The van der Waals surface area contributed by atoms with Gasteiger partial charge in [-0.1, -0.05) is 30.3 Å². The molecule has 1 atom stereocenters. The van der Waals surface area contributed by atoms with E-state index in [-0.39, 0.29) is 17.8 Å². The molecule has 0 bridgehead atoms. The molecular weight excluding hydrogens is 230 g/mol. The molecule has 0 heterocycles. The second kappa shape index (κ2) is 6.64. The Balaban J connectivity index is 2.70. The SMILES string of the molecule is CCc1ccccc1C(=O)NC(C)C/C(N)=N/O. The summed E-state index contributed by atoms with van der Waals surface area (Å²) in [4.78, 5) is 12.1. The number of aryl methyl sites for hydroxylation is 1. The third-order valence-electron chi connectivity index (χ3n) is 2.66. The quantitative estimate of drug-likeness (QED) is 0.320. The lowest BCUT2D eigenvalue weighted by atomic mass is 10.0. The van der Waals surface area contributed by atoms with Crippen LogP contribution in [0, 0.1) is 0 Å². The lowest BCUT2D eigenvalue weighted by Gasteiger charge is -2.14. The highest BCUT2D eigenvalue weighted by Crippen LogP contribution is 2.09. The van der Waals surface area contributed by atoms with Crippen LogP contribution in [0.15, 0.2) is 29.4 Å². The Labute approximate surface area is 107 Å². The Morgan fingerprint density at radius 1 is 1.50 bits per heavy atom. The fourth-order valence-electron chi connectivity index (χ4n) is 1.76. The van der Waals surface area contributed by atoms with Gasteiger partial charge in [0.25, 0.3) is 5.91 Å². The van der Waals surface area contributed by atoms with Crippen LogP contribution < -0.4 is 11.1 Å². The zero-order chi connectivity index (χ0) is 13.5. The number of hydrogen-bond donors (Lipinski definition) is 3. The van der Waals surface area contributed by atoms with Crippen LogP contribution in [-0.2, 0) is 6.42 Å². The first-order valence-electron chi connectivity index (χ1n) is 5.93. The fourth-order valence-corrected chi connectivity index (χ4v) is 1.76. The van der Waals surface area contributed by atoms with E-state index in [1.165, 1.54) is 0 Å². The molecule has 1 rings (SSSR count). The summed E-state index contributed by atoms with van der Waals surface area (Å²) in [5.41, 5.74) is 7.07. The molecular formula is C13H19N3O2. The van der Waals surface area contributed by atoms with Crippen molar-refractivity contribution in [3.05, 3.63) is 35.4 Å². The minimum absolute atomic E-state index is 0.103. The highest BCUT2D eigenvalue weighted by Gasteiger charge is 2.13. The van der Waals surface area contributed by atoms with E-state index in [0.717, 1.165) is 12.0 Å². The van der Waals surface area contributed by atoms with Crippen molar-refractivity contribution in [2.75, 3.05) is 0 Å². The monoisotopic (exact) mass is 249 g/mol. The van der Waals surface area contributed by atoms with Crippen LogP contribution in [0.25, 0.3) is 0 Å². The number of benzene rings is 1. The van der Waals surface area contributed by atoms with Gasteiger partial charge in [-0.2, -0.15) is 0 Å². The number of carbonyl (C=O) groups is 1. The number of carbonyl (C=O) groups excluding carboxylic acids is 1. The van der Waals surface area contributed by atoms with Gasteiger partial charge in [0.2, 0.25) is 0 Å². The molecule has 0 saturated carbocycles.